The van der Waals surface area contributed by atoms with Gasteiger partial charge in [-0.15, -0.1) is 0 Å². The minimum Gasteiger partial charge on any atom is -0.299 e. The third-order valence-corrected chi connectivity index (χ3v) is 2.26. The zero-order chi connectivity index (χ0) is 12.1. The van der Waals surface area contributed by atoms with Gasteiger partial charge in [0.25, 0.3) is 0 Å². The van der Waals surface area contributed by atoms with Crippen molar-refractivity contribution in [1.29, 1.82) is 0 Å². The number of hydrogen-bond acceptors (Lipinski definition) is 2. The minimum absolute atomic E-state index is 0.0307. The molecule has 0 N–H and O–H groups in total. The summed E-state index contributed by atoms with van der Waals surface area (Å²) in [4.78, 5) is 13.8. The van der Waals surface area contributed by atoms with Gasteiger partial charge in [-0.2, -0.15) is 0 Å². The second kappa shape index (κ2) is 5.75. The van der Waals surface area contributed by atoms with Crippen molar-refractivity contribution in [2.45, 2.75) is 13.8 Å². The van der Waals surface area contributed by atoms with Gasteiger partial charge in [0.15, 0.2) is 5.78 Å². The van der Waals surface area contributed by atoms with Gasteiger partial charge >= 0.3 is 0 Å². The SMILES string of the molecule is CC(C)CN(C)CC(=O)c1ccc(F)cc1. The Hall–Kier alpha value is -1.22. The standard InChI is InChI=1S/C13H18FNO/c1-10(2)8-15(3)9-13(16)11-4-6-12(14)7-5-11/h4-7,10H,8-9H2,1-3H3. The van der Waals surface area contributed by atoms with Crippen LogP contribution in [0.4, 0.5) is 4.39 Å². The molecule has 0 saturated carbocycles. The second-order valence-electron chi connectivity index (χ2n) is 4.52. The summed E-state index contributed by atoms with van der Waals surface area (Å²) in [5, 5.41) is 0. The van der Waals surface area contributed by atoms with Crippen molar-refractivity contribution in [3.05, 3.63) is 35.6 Å². The summed E-state index contributed by atoms with van der Waals surface area (Å²) in [5.74, 6) is 0.251. The highest BCUT2D eigenvalue weighted by atomic mass is 19.1. The van der Waals surface area contributed by atoms with Gasteiger partial charge in [0.05, 0.1) is 6.54 Å². The van der Waals surface area contributed by atoms with Gasteiger partial charge in [-0.25, -0.2) is 4.39 Å². The molecule has 0 heterocycles. The number of carbonyl (C=O) groups excluding carboxylic acids is 1. The number of halogens is 1. The number of nitrogens with zero attached hydrogens (tertiary/aromatic N) is 1. The highest BCUT2D eigenvalue weighted by Gasteiger charge is 2.10. The molecule has 0 amide bonds. The fraction of sp³-hybridized carbons (Fsp3) is 0.462. The Labute approximate surface area is 96.1 Å². The number of rotatable bonds is 5. The molecule has 1 rings (SSSR count). The van der Waals surface area contributed by atoms with Crippen LogP contribution in [-0.2, 0) is 0 Å². The number of Topliss-reactive ketones (excluding diaryl/α,β-unsaturated/α-hetero) is 1. The van der Waals surface area contributed by atoms with Crippen LogP contribution in [-0.4, -0.2) is 30.8 Å². The van der Waals surface area contributed by atoms with Crippen LogP contribution in [0.25, 0.3) is 0 Å². The monoisotopic (exact) mass is 223 g/mol. The molecule has 0 radical (unpaired) electrons. The summed E-state index contributed by atoms with van der Waals surface area (Å²) in [7, 11) is 1.92. The Bertz CT molecular complexity index is 345. The molecule has 0 aliphatic heterocycles. The van der Waals surface area contributed by atoms with E-state index < -0.39 is 0 Å². The number of hydrogen-bond donors (Lipinski definition) is 0. The van der Waals surface area contributed by atoms with E-state index in [9.17, 15) is 9.18 Å². The molecule has 0 atom stereocenters. The Morgan fingerprint density at radius 3 is 2.38 bits per heavy atom. The summed E-state index contributed by atoms with van der Waals surface area (Å²) in [6.45, 7) is 5.48. The van der Waals surface area contributed by atoms with Crippen molar-refractivity contribution in [3.63, 3.8) is 0 Å². The molecule has 0 unspecified atom stereocenters. The number of ketones is 1. The van der Waals surface area contributed by atoms with E-state index >= 15 is 0 Å². The maximum Gasteiger partial charge on any atom is 0.176 e. The van der Waals surface area contributed by atoms with Gasteiger partial charge in [0.2, 0.25) is 0 Å². The molecule has 0 fully saturated rings. The Morgan fingerprint density at radius 1 is 1.31 bits per heavy atom. The molecule has 0 saturated heterocycles. The van der Waals surface area contributed by atoms with Crippen molar-refractivity contribution in [3.8, 4) is 0 Å². The van der Waals surface area contributed by atoms with Crippen LogP contribution >= 0.6 is 0 Å². The minimum atomic E-state index is -0.313. The van der Waals surface area contributed by atoms with E-state index in [1.165, 1.54) is 24.3 Å². The first kappa shape index (κ1) is 12.8. The summed E-state index contributed by atoms with van der Waals surface area (Å²) in [6.07, 6.45) is 0. The zero-order valence-electron chi connectivity index (χ0n) is 10.0. The van der Waals surface area contributed by atoms with Crippen LogP contribution < -0.4 is 0 Å². The quantitative estimate of drug-likeness (QED) is 0.715. The predicted octanol–water partition coefficient (Wildman–Crippen LogP) is 2.60. The Morgan fingerprint density at radius 2 is 1.88 bits per heavy atom. The van der Waals surface area contributed by atoms with Crippen molar-refractivity contribution in [2.24, 2.45) is 5.92 Å². The molecule has 0 aliphatic carbocycles. The topological polar surface area (TPSA) is 20.3 Å². The summed E-state index contributed by atoms with van der Waals surface area (Å²) < 4.78 is 12.7. The summed E-state index contributed by atoms with van der Waals surface area (Å²) >= 11 is 0. The summed E-state index contributed by atoms with van der Waals surface area (Å²) in [6, 6.07) is 5.69. The molecule has 0 aliphatic rings. The van der Waals surface area contributed by atoms with Crippen molar-refractivity contribution in [2.75, 3.05) is 20.1 Å². The fourth-order valence-corrected chi connectivity index (χ4v) is 1.66. The van der Waals surface area contributed by atoms with Crippen molar-refractivity contribution < 1.29 is 9.18 Å². The maximum atomic E-state index is 12.7. The van der Waals surface area contributed by atoms with Crippen LogP contribution in [0.5, 0.6) is 0 Å². The van der Waals surface area contributed by atoms with E-state index in [2.05, 4.69) is 13.8 Å². The van der Waals surface area contributed by atoms with E-state index in [0.29, 0.717) is 18.0 Å². The van der Waals surface area contributed by atoms with Crippen LogP contribution in [0.1, 0.15) is 24.2 Å². The largest absolute Gasteiger partial charge is 0.299 e. The second-order valence-corrected chi connectivity index (χ2v) is 4.52. The molecular formula is C13H18FNO. The Balaban J connectivity index is 2.55. The molecular weight excluding hydrogens is 205 g/mol. The van der Waals surface area contributed by atoms with Gasteiger partial charge in [-0.1, -0.05) is 13.8 Å². The maximum absolute atomic E-state index is 12.7. The lowest BCUT2D eigenvalue weighted by Crippen LogP contribution is -2.29. The van der Waals surface area contributed by atoms with E-state index in [4.69, 9.17) is 0 Å². The first-order chi connectivity index (χ1) is 7.49. The van der Waals surface area contributed by atoms with Crippen LogP contribution in [0, 0.1) is 11.7 Å². The molecule has 1 aromatic rings. The molecule has 2 nitrogen and oxygen atoms in total. The number of benzene rings is 1. The van der Waals surface area contributed by atoms with Gasteiger partial charge in [-0.05, 0) is 37.2 Å². The molecule has 0 spiro atoms. The van der Waals surface area contributed by atoms with Gasteiger partial charge < -0.3 is 0 Å². The lowest BCUT2D eigenvalue weighted by atomic mass is 10.1. The normalized spacial score (nSPS) is 11.1. The molecule has 0 bridgehead atoms. The highest BCUT2D eigenvalue weighted by Crippen LogP contribution is 2.05. The van der Waals surface area contributed by atoms with Crippen LogP contribution in [0.15, 0.2) is 24.3 Å². The van der Waals surface area contributed by atoms with Gasteiger partial charge in [0, 0.05) is 12.1 Å². The lowest BCUT2D eigenvalue weighted by Gasteiger charge is -2.17. The molecule has 88 valence electrons. The number of likely N-dealkylation sites (N-methyl/N-ethyl adjacent to an activating group) is 1. The fourth-order valence-electron chi connectivity index (χ4n) is 1.66. The zero-order valence-corrected chi connectivity index (χ0v) is 10.0. The Kier molecular flexibility index (Phi) is 4.62. The summed E-state index contributed by atoms with van der Waals surface area (Å²) in [5.41, 5.74) is 0.567. The van der Waals surface area contributed by atoms with Crippen LogP contribution in [0.3, 0.4) is 0 Å². The third-order valence-electron chi connectivity index (χ3n) is 2.26. The van der Waals surface area contributed by atoms with E-state index in [1.807, 2.05) is 11.9 Å². The van der Waals surface area contributed by atoms with Gasteiger partial charge in [0.1, 0.15) is 5.82 Å². The van der Waals surface area contributed by atoms with E-state index in [0.717, 1.165) is 6.54 Å². The van der Waals surface area contributed by atoms with E-state index in [-0.39, 0.29) is 11.6 Å². The smallest absolute Gasteiger partial charge is 0.176 e. The highest BCUT2D eigenvalue weighted by molar-refractivity contribution is 5.97. The van der Waals surface area contributed by atoms with Crippen molar-refractivity contribution in [1.82, 2.24) is 4.90 Å². The lowest BCUT2D eigenvalue weighted by molar-refractivity contribution is 0.0940. The number of carbonyl (C=O) groups is 1. The average Bonchev–Trinajstić information content (AvgIpc) is 2.16. The third kappa shape index (κ3) is 4.11. The predicted molar refractivity (Wildman–Crippen MR) is 63.1 cm³/mol. The average molecular weight is 223 g/mol. The first-order valence-electron chi connectivity index (χ1n) is 5.46. The molecule has 1 aromatic carbocycles. The molecule has 16 heavy (non-hydrogen) atoms. The molecule has 3 heteroatoms. The first-order valence-corrected chi connectivity index (χ1v) is 5.46. The van der Waals surface area contributed by atoms with E-state index in [1.54, 1.807) is 0 Å². The molecule has 0 aromatic heterocycles. The van der Waals surface area contributed by atoms with Gasteiger partial charge in [-0.3, -0.25) is 9.69 Å². The van der Waals surface area contributed by atoms with Crippen molar-refractivity contribution >= 4 is 5.78 Å². The van der Waals surface area contributed by atoms with Crippen LogP contribution in [0.2, 0.25) is 0 Å².